The van der Waals surface area contributed by atoms with E-state index in [2.05, 4.69) is 36.2 Å². The highest BCUT2D eigenvalue weighted by molar-refractivity contribution is 9.10. The molecule has 0 unspecified atom stereocenters. The summed E-state index contributed by atoms with van der Waals surface area (Å²) in [6.45, 7) is 3.62. The van der Waals surface area contributed by atoms with Gasteiger partial charge in [-0.1, -0.05) is 59.7 Å². The summed E-state index contributed by atoms with van der Waals surface area (Å²) in [6.07, 6.45) is 0.560. The number of nitrogens with zero attached hydrogens (tertiary/aromatic N) is 2. The van der Waals surface area contributed by atoms with E-state index >= 15 is 0 Å². The SMILES string of the molecule is CC[C@H](C)[C@@H](NS(=O)(=O)c1ccc(F)cc1)C(=O)Nc1nnc(-c2ccc(Br)cc2)s1. The third kappa shape index (κ3) is 5.94. The van der Waals surface area contributed by atoms with Gasteiger partial charge >= 0.3 is 0 Å². The van der Waals surface area contributed by atoms with E-state index in [0.29, 0.717) is 11.4 Å². The predicted molar refractivity (Wildman–Crippen MR) is 122 cm³/mol. The lowest BCUT2D eigenvalue weighted by atomic mass is 9.99. The summed E-state index contributed by atoms with van der Waals surface area (Å²) in [7, 11) is -4.03. The van der Waals surface area contributed by atoms with E-state index in [-0.39, 0.29) is 15.9 Å². The highest BCUT2D eigenvalue weighted by Crippen LogP contribution is 2.28. The van der Waals surface area contributed by atoms with Crippen molar-refractivity contribution in [3.63, 3.8) is 0 Å². The number of halogens is 2. The fraction of sp³-hybridized carbons (Fsp3) is 0.250. The minimum atomic E-state index is -4.03. The topological polar surface area (TPSA) is 101 Å². The van der Waals surface area contributed by atoms with Crippen LogP contribution < -0.4 is 10.0 Å². The molecule has 31 heavy (non-hydrogen) atoms. The monoisotopic (exact) mass is 526 g/mol. The van der Waals surface area contributed by atoms with Crippen LogP contribution in [-0.4, -0.2) is 30.6 Å². The first kappa shape index (κ1) is 23.5. The van der Waals surface area contributed by atoms with Gasteiger partial charge in [0, 0.05) is 10.0 Å². The maximum absolute atomic E-state index is 13.1. The molecule has 0 bridgehead atoms. The van der Waals surface area contributed by atoms with Crippen LogP contribution in [0.15, 0.2) is 57.9 Å². The molecule has 11 heteroatoms. The van der Waals surface area contributed by atoms with E-state index in [1.54, 1.807) is 6.92 Å². The van der Waals surface area contributed by atoms with Crippen LogP contribution in [0.4, 0.5) is 9.52 Å². The Hall–Kier alpha value is -2.21. The molecular weight excluding hydrogens is 507 g/mol. The van der Waals surface area contributed by atoms with Crippen molar-refractivity contribution in [2.75, 3.05) is 5.32 Å². The molecule has 0 fully saturated rings. The van der Waals surface area contributed by atoms with Crippen LogP contribution in [0.25, 0.3) is 10.6 Å². The second kappa shape index (κ2) is 9.94. The Bertz CT molecular complexity index is 1150. The van der Waals surface area contributed by atoms with Gasteiger partial charge in [0.25, 0.3) is 0 Å². The summed E-state index contributed by atoms with van der Waals surface area (Å²) in [4.78, 5) is 12.8. The van der Waals surface area contributed by atoms with Gasteiger partial charge in [-0.2, -0.15) is 4.72 Å². The van der Waals surface area contributed by atoms with Gasteiger partial charge in [-0.3, -0.25) is 10.1 Å². The number of benzene rings is 2. The lowest BCUT2D eigenvalue weighted by Crippen LogP contribution is -2.47. The van der Waals surface area contributed by atoms with Crippen molar-refractivity contribution in [2.24, 2.45) is 5.92 Å². The summed E-state index contributed by atoms with van der Waals surface area (Å²) < 4.78 is 41.9. The maximum Gasteiger partial charge on any atom is 0.244 e. The molecule has 2 atom stereocenters. The minimum Gasteiger partial charge on any atom is -0.299 e. The van der Waals surface area contributed by atoms with Crippen molar-refractivity contribution < 1.29 is 17.6 Å². The molecule has 2 aromatic carbocycles. The van der Waals surface area contributed by atoms with Gasteiger partial charge in [-0.05, 0) is 42.3 Å². The number of amides is 1. The average Bonchev–Trinajstić information content (AvgIpc) is 3.20. The van der Waals surface area contributed by atoms with E-state index in [1.165, 1.54) is 11.3 Å². The van der Waals surface area contributed by atoms with Crippen molar-refractivity contribution in [1.29, 1.82) is 0 Å². The predicted octanol–water partition coefficient (Wildman–Crippen LogP) is 4.44. The number of anilines is 1. The molecule has 1 aromatic heterocycles. The maximum atomic E-state index is 13.1. The van der Waals surface area contributed by atoms with Crippen LogP contribution in [0.1, 0.15) is 20.3 Å². The molecule has 0 saturated carbocycles. The molecule has 7 nitrogen and oxygen atoms in total. The molecular formula is C20H20BrFN4O3S2. The lowest BCUT2D eigenvalue weighted by molar-refractivity contribution is -0.118. The van der Waals surface area contributed by atoms with Gasteiger partial charge in [0.05, 0.1) is 4.90 Å². The first-order chi connectivity index (χ1) is 14.7. The highest BCUT2D eigenvalue weighted by atomic mass is 79.9. The zero-order chi connectivity index (χ0) is 22.6. The van der Waals surface area contributed by atoms with E-state index in [1.807, 2.05) is 31.2 Å². The van der Waals surface area contributed by atoms with Crippen molar-refractivity contribution in [3.05, 3.63) is 58.8 Å². The summed E-state index contributed by atoms with van der Waals surface area (Å²) in [5.74, 6) is -1.39. The number of nitrogens with one attached hydrogen (secondary N) is 2. The molecule has 3 aromatic rings. The van der Waals surface area contributed by atoms with E-state index in [0.717, 1.165) is 34.3 Å². The van der Waals surface area contributed by atoms with Crippen LogP contribution in [0.2, 0.25) is 0 Å². The number of carbonyl (C=O) groups excluding carboxylic acids is 1. The number of sulfonamides is 1. The van der Waals surface area contributed by atoms with Crippen LogP contribution in [0, 0.1) is 11.7 Å². The van der Waals surface area contributed by atoms with E-state index < -0.39 is 27.8 Å². The Morgan fingerprint density at radius 3 is 2.39 bits per heavy atom. The standard InChI is InChI=1S/C20H20BrFN4O3S2/c1-3-12(2)17(26-31(28,29)16-10-8-15(22)9-11-16)18(27)23-20-25-24-19(30-20)13-4-6-14(21)7-5-13/h4-12,17,26H,3H2,1-2H3,(H,23,25,27)/t12-,17+/m0/s1. The molecule has 164 valence electrons. The summed E-state index contributed by atoms with van der Waals surface area (Å²) in [6, 6.07) is 10.9. The summed E-state index contributed by atoms with van der Waals surface area (Å²) in [5, 5.41) is 11.6. The Kier molecular flexibility index (Phi) is 7.52. The van der Waals surface area contributed by atoms with Gasteiger partial charge in [0.2, 0.25) is 21.1 Å². The second-order valence-corrected chi connectivity index (χ2v) is 10.5. The lowest BCUT2D eigenvalue weighted by Gasteiger charge is -2.22. The first-order valence-corrected chi connectivity index (χ1v) is 12.5. The van der Waals surface area contributed by atoms with Gasteiger partial charge in [0.15, 0.2) is 0 Å². The van der Waals surface area contributed by atoms with Gasteiger partial charge in [-0.15, -0.1) is 10.2 Å². The van der Waals surface area contributed by atoms with Crippen molar-refractivity contribution >= 4 is 48.3 Å². The van der Waals surface area contributed by atoms with Crippen molar-refractivity contribution in [3.8, 4) is 10.6 Å². The highest BCUT2D eigenvalue weighted by Gasteiger charge is 2.30. The molecule has 0 aliphatic rings. The molecule has 1 amide bonds. The van der Waals surface area contributed by atoms with Crippen LogP contribution in [-0.2, 0) is 14.8 Å². The third-order valence-electron chi connectivity index (χ3n) is 4.65. The second-order valence-electron chi connectivity index (χ2n) is 6.85. The fourth-order valence-electron chi connectivity index (χ4n) is 2.68. The van der Waals surface area contributed by atoms with Crippen molar-refractivity contribution in [2.45, 2.75) is 31.2 Å². The Balaban J connectivity index is 1.77. The van der Waals surface area contributed by atoms with Gasteiger partial charge in [0.1, 0.15) is 16.9 Å². The third-order valence-corrected chi connectivity index (χ3v) is 7.52. The summed E-state index contributed by atoms with van der Waals surface area (Å²) in [5.41, 5.74) is 0.844. The normalized spacial score (nSPS) is 13.5. The molecule has 0 saturated heterocycles. The average molecular weight is 527 g/mol. The summed E-state index contributed by atoms with van der Waals surface area (Å²) >= 11 is 4.56. The Morgan fingerprint density at radius 2 is 1.77 bits per heavy atom. The number of hydrogen-bond donors (Lipinski definition) is 2. The fourth-order valence-corrected chi connectivity index (χ4v) is 5.00. The smallest absolute Gasteiger partial charge is 0.244 e. The number of aromatic nitrogens is 2. The van der Waals surface area contributed by atoms with Crippen LogP contribution in [0.5, 0.6) is 0 Å². The van der Waals surface area contributed by atoms with E-state index in [9.17, 15) is 17.6 Å². The zero-order valence-electron chi connectivity index (χ0n) is 16.7. The Labute approximate surface area is 192 Å². The molecule has 0 spiro atoms. The quantitative estimate of drug-likeness (QED) is 0.451. The molecule has 0 aliphatic heterocycles. The van der Waals surface area contributed by atoms with Gasteiger partial charge in [-0.25, -0.2) is 12.8 Å². The molecule has 1 heterocycles. The van der Waals surface area contributed by atoms with E-state index in [4.69, 9.17) is 0 Å². The Morgan fingerprint density at radius 1 is 1.13 bits per heavy atom. The number of rotatable bonds is 8. The van der Waals surface area contributed by atoms with Gasteiger partial charge < -0.3 is 0 Å². The number of carbonyl (C=O) groups is 1. The molecule has 0 radical (unpaired) electrons. The molecule has 2 N–H and O–H groups in total. The largest absolute Gasteiger partial charge is 0.299 e. The zero-order valence-corrected chi connectivity index (χ0v) is 19.9. The number of hydrogen-bond acceptors (Lipinski definition) is 6. The molecule has 0 aliphatic carbocycles. The minimum absolute atomic E-state index is 0.122. The molecule has 3 rings (SSSR count). The first-order valence-electron chi connectivity index (χ1n) is 9.38. The van der Waals surface area contributed by atoms with Crippen LogP contribution in [0.3, 0.4) is 0 Å². The van der Waals surface area contributed by atoms with Crippen molar-refractivity contribution in [1.82, 2.24) is 14.9 Å². The van der Waals surface area contributed by atoms with Crippen LogP contribution >= 0.6 is 27.3 Å².